The summed E-state index contributed by atoms with van der Waals surface area (Å²) in [6.45, 7) is 1.48. The van der Waals surface area contributed by atoms with Gasteiger partial charge in [-0.25, -0.2) is 22.8 Å². The molecule has 0 saturated carbocycles. The van der Waals surface area contributed by atoms with E-state index in [0.717, 1.165) is 29.2 Å². The van der Waals surface area contributed by atoms with Crippen LogP contribution in [-0.4, -0.2) is 57.0 Å². The maximum atomic E-state index is 14.5. The van der Waals surface area contributed by atoms with E-state index in [2.05, 4.69) is 15.4 Å². The van der Waals surface area contributed by atoms with Gasteiger partial charge in [0.15, 0.2) is 17.5 Å². The highest BCUT2D eigenvalue weighted by atomic mass is 35.5. The fourth-order valence-electron chi connectivity index (χ4n) is 4.66. The number of aliphatic hydroxyl groups is 1. The van der Waals surface area contributed by atoms with Crippen LogP contribution in [-0.2, 0) is 15.7 Å². The van der Waals surface area contributed by atoms with Gasteiger partial charge in [0.25, 0.3) is 0 Å². The molecule has 3 N–H and O–H groups in total. The van der Waals surface area contributed by atoms with Crippen LogP contribution in [0.4, 0.5) is 26.3 Å². The molecule has 3 aromatic rings. The standard InChI is InChI=1S/C25H19Cl2F6N5O3/c1-9-36-24(38(37-9)16-5-14(27)15(28)4-12(16)25(31,32)33)23-21(39)20(22-17(41-23)8-40-22)35-7-10(6-34)11-2-3-13(26)19(30)18(11)29/h2-7,17,20-23,34-35,39H,8H2,1H3/b10-7+,34-6?. The van der Waals surface area contributed by atoms with Crippen molar-refractivity contribution >= 4 is 35.0 Å². The maximum absolute atomic E-state index is 14.5. The number of ether oxygens (including phenoxy) is 2. The van der Waals surface area contributed by atoms with Crippen LogP contribution < -0.4 is 5.32 Å². The van der Waals surface area contributed by atoms with Gasteiger partial charge in [0.05, 0.1) is 33.9 Å². The maximum Gasteiger partial charge on any atom is 0.418 e. The molecule has 0 aliphatic carbocycles. The third-order valence-corrected chi connectivity index (χ3v) is 7.25. The molecule has 0 amide bonds. The Morgan fingerprint density at radius 3 is 2.54 bits per heavy atom. The molecule has 16 heteroatoms. The van der Waals surface area contributed by atoms with Crippen LogP contribution in [0, 0.1) is 29.8 Å². The lowest BCUT2D eigenvalue weighted by molar-refractivity contribution is -0.277. The van der Waals surface area contributed by atoms with Gasteiger partial charge in [0.1, 0.15) is 36.1 Å². The lowest BCUT2D eigenvalue weighted by Crippen LogP contribution is -2.66. The van der Waals surface area contributed by atoms with Crippen LogP contribution in [0.5, 0.6) is 0 Å². The number of rotatable bonds is 6. The van der Waals surface area contributed by atoms with E-state index in [4.69, 9.17) is 38.1 Å². The summed E-state index contributed by atoms with van der Waals surface area (Å²) in [5.41, 5.74) is -2.43. The Morgan fingerprint density at radius 2 is 1.90 bits per heavy atom. The predicted molar refractivity (Wildman–Crippen MR) is 134 cm³/mol. The summed E-state index contributed by atoms with van der Waals surface area (Å²) in [4.78, 5) is 4.18. The number of allylic oxidation sites excluding steroid dienone is 1. The number of fused-ring (bicyclic) bond motifs is 1. The molecule has 218 valence electrons. The van der Waals surface area contributed by atoms with Gasteiger partial charge in [-0.2, -0.15) is 18.3 Å². The molecule has 5 atom stereocenters. The van der Waals surface area contributed by atoms with Gasteiger partial charge in [0, 0.05) is 23.6 Å². The summed E-state index contributed by atoms with van der Waals surface area (Å²) in [7, 11) is 0. The Morgan fingerprint density at radius 1 is 1.17 bits per heavy atom. The molecule has 5 rings (SSSR count). The molecule has 2 aliphatic rings. The van der Waals surface area contributed by atoms with Crippen molar-refractivity contribution in [3.8, 4) is 5.69 Å². The number of aliphatic hydroxyl groups excluding tert-OH is 1. The van der Waals surface area contributed by atoms with Crippen LogP contribution in [0.15, 0.2) is 30.5 Å². The first-order valence-electron chi connectivity index (χ1n) is 11.9. The summed E-state index contributed by atoms with van der Waals surface area (Å²) >= 11 is 11.4. The zero-order valence-electron chi connectivity index (χ0n) is 20.7. The molecule has 2 saturated heterocycles. The SMILES string of the molecule is Cc1nc(C2OC3COC3C(N/C=C(\C=N)c3ccc(Cl)c(F)c3F)C2O)n(-c2cc(Cl)c(F)cc2C(F)(F)F)n1. The summed E-state index contributed by atoms with van der Waals surface area (Å²) in [5.74, 6) is -4.10. The first-order chi connectivity index (χ1) is 19.3. The average Bonchev–Trinajstić information content (AvgIpc) is 3.28. The van der Waals surface area contributed by atoms with Crippen molar-refractivity contribution in [2.75, 3.05) is 6.61 Å². The van der Waals surface area contributed by atoms with E-state index in [1.807, 2.05) is 0 Å². The molecule has 41 heavy (non-hydrogen) atoms. The van der Waals surface area contributed by atoms with Crippen molar-refractivity contribution in [3.63, 3.8) is 0 Å². The molecule has 0 bridgehead atoms. The van der Waals surface area contributed by atoms with Crippen molar-refractivity contribution in [1.82, 2.24) is 20.1 Å². The number of aromatic nitrogens is 3. The average molecular weight is 622 g/mol. The lowest BCUT2D eigenvalue weighted by atomic mass is 9.89. The van der Waals surface area contributed by atoms with E-state index in [1.165, 1.54) is 13.0 Å². The normalized spacial score (nSPS) is 24.5. The molecular formula is C25H19Cl2F6N5O3. The minimum Gasteiger partial charge on any atom is -0.388 e. The van der Waals surface area contributed by atoms with Gasteiger partial charge in [-0.3, -0.25) is 0 Å². The largest absolute Gasteiger partial charge is 0.418 e. The Labute approximate surface area is 238 Å². The van der Waals surface area contributed by atoms with E-state index in [1.54, 1.807) is 0 Å². The van der Waals surface area contributed by atoms with E-state index >= 15 is 0 Å². The number of hydrogen-bond donors (Lipinski definition) is 3. The van der Waals surface area contributed by atoms with Crippen molar-refractivity contribution < 1.29 is 40.9 Å². The number of halogens is 8. The quantitative estimate of drug-likeness (QED) is 0.199. The fraction of sp³-hybridized carbons (Fsp3) is 0.320. The van der Waals surface area contributed by atoms with E-state index in [9.17, 15) is 31.4 Å². The van der Waals surface area contributed by atoms with Crippen molar-refractivity contribution in [1.29, 1.82) is 5.41 Å². The molecule has 1 aromatic heterocycles. The van der Waals surface area contributed by atoms with Crippen LogP contribution in [0.1, 0.15) is 28.9 Å². The molecular weight excluding hydrogens is 603 g/mol. The number of alkyl halides is 3. The fourth-order valence-corrected chi connectivity index (χ4v) is 4.96. The second-order valence-electron chi connectivity index (χ2n) is 9.25. The molecule has 0 radical (unpaired) electrons. The molecule has 0 spiro atoms. The Kier molecular flexibility index (Phi) is 7.80. The number of benzene rings is 2. The molecule has 5 unspecified atom stereocenters. The van der Waals surface area contributed by atoms with E-state index in [0.29, 0.717) is 0 Å². The third kappa shape index (κ3) is 5.30. The second-order valence-corrected chi connectivity index (χ2v) is 10.1. The summed E-state index contributed by atoms with van der Waals surface area (Å²) < 4.78 is 96.3. The highest BCUT2D eigenvalue weighted by Crippen LogP contribution is 2.41. The van der Waals surface area contributed by atoms with Gasteiger partial charge >= 0.3 is 6.18 Å². The van der Waals surface area contributed by atoms with Crippen LogP contribution in [0.3, 0.4) is 0 Å². The monoisotopic (exact) mass is 621 g/mol. The Hall–Kier alpha value is -3.17. The van der Waals surface area contributed by atoms with E-state index < -0.39 is 75.4 Å². The van der Waals surface area contributed by atoms with E-state index in [-0.39, 0.29) is 35.5 Å². The van der Waals surface area contributed by atoms with Gasteiger partial charge in [0.2, 0.25) is 0 Å². The Balaban J connectivity index is 1.52. The Bertz CT molecular complexity index is 1550. The van der Waals surface area contributed by atoms with Gasteiger partial charge < -0.3 is 25.3 Å². The van der Waals surface area contributed by atoms with Gasteiger partial charge in [-0.05, 0) is 31.2 Å². The topological polar surface area (TPSA) is 105 Å². The van der Waals surface area contributed by atoms with Crippen LogP contribution in [0.25, 0.3) is 11.3 Å². The summed E-state index contributed by atoms with van der Waals surface area (Å²) in [6, 6.07) is 2.26. The first-order valence-corrected chi connectivity index (χ1v) is 12.6. The number of hydrogen-bond acceptors (Lipinski definition) is 7. The van der Waals surface area contributed by atoms with Gasteiger partial charge in [-0.1, -0.05) is 23.2 Å². The molecule has 2 aromatic carbocycles. The highest BCUT2D eigenvalue weighted by molar-refractivity contribution is 6.31. The molecule has 3 heterocycles. The zero-order valence-corrected chi connectivity index (χ0v) is 22.2. The van der Waals surface area contributed by atoms with Gasteiger partial charge in [-0.15, -0.1) is 0 Å². The number of nitrogens with one attached hydrogen (secondary N) is 2. The first kappa shape index (κ1) is 29.3. The van der Waals surface area contributed by atoms with Crippen LogP contribution in [0.2, 0.25) is 10.0 Å². The predicted octanol–water partition coefficient (Wildman–Crippen LogP) is 5.17. The summed E-state index contributed by atoms with van der Waals surface area (Å²) in [5, 5.41) is 24.8. The van der Waals surface area contributed by atoms with Crippen LogP contribution >= 0.6 is 23.2 Å². The third-order valence-electron chi connectivity index (χ3n) is 6.67. The van der Waals surface area contributed by atoms with Crippen molar-refractivity contribution in [2.45, 2.75) is 43.6 Å². The minimum absolute atomic E-state index is 0.0205. The van der Waals surface area contributed by atoms with Crippen molar-refractivity contribution in [3.05, 3.63) is 80.7 Å². The molecule has 8 nitrogen and oxygen atoms in total. The molecule has 2 aliphatic heterocycles. The lowest BCUT2D eigenvalue weighted by Gasteiger charge is -2.50. The highest BCUT2D eigenvalue weighted by Gasteiger charge is 2.52. The number of nitrogens with zero attached hydrogens (tertiary/aromatic N) is 3. The smallest absolute Gasteiger partial charge is 0.388 e. The second kappa shape index (κ2) is 10.9. The minimum atomic E-state index is -4.99. The summed E-state index contributed by atoms with van der Waals surface area (Å²) in [6.07, 6.45) is -7.40. The molecule has 2 fully saturated rings. The van der Waals surface area contributed by atoms with Crippen molar-refractivity contribution in [2.24, 2.45) is 0 Å². The number of aryl methyl sites for hydroxylation is 1. The zero-order chi connectivity index (χ0) is 29.8.